The molecule has 0 aliphatic carbocycles. The Balaban J connectivity index is 2.16. The zero-order valence-electron chi connectivity index (χ0n) is 18.2. The van der Waals surface area contributed by atoms with E-state index < -0.39 is 11.7 Å². The number of benzene rings is 1. The average Bonchev–Trinajstić information content (AvgIpc) is 3.18. The molecule has 1 aromatic rings. The predicted molar refractivity (Wildman–Crippen MR) is 112 cm³/mol. The lowest BCUT2D eigenvalue weighted by Gasteiger charge is -2.27. The number of amides is 1. The minimum absolute atomic E-state index is 0.0842. The van der Waals surface area contributed by atoms with E-state index in [1.165, 1.54) is 11.0 Å². The Morgan fingerprint density at radius 1 is 1.27 bits per heavy atom. The zero-order chi connectivity index (χ0) is 22.3. The topological polar surface area (TPSA) is 51.2 Å². The van der Waals surface area contributed by atoms with Gasteiger partial charge in [-0.15, -0.1) is 0 Å². The molecule has 2 rings (SSSR count). The van der Waals surface area contributed by atoms with Gasteiger partial charge in [-0.2, -0.15) is 13.2 Å². The number of likely N-dealkylation sites (N-methyl/N-ethyl adjacent to an activating group) is 2. The number of nitrogens with one attached hydrogen (secondary N) is 1. The largest absolute Gasteiger partial charge is 0.416 e. The Hall–Kier alpha value is -2.29. The van der Waals surface area contributed by atoms with Crippen molar-refractivity contribution < 1.29 is 18.0 Å². The number of alkyl halides is 3. The van der Waals surface area contributed by atoms with Gasteiger partial charge in [0, 0.05) is 33.2 Å². The summed E-state index contributed by atoms with van der Waals surface area (Å²) >= 11 is 0. The van der Waals surface area contributed by atoms with Crippen molar-refractivity contribution >= 4 is 11.9 Å². The third kappa shape index (κ3) is 6.62. The summed E-state index contributed by atoms with van der Waals surface area (Å²) in [6.07, 6.45) is -3.40. The normalized spacial score (nSPS) is 17.5. The number of halogens is 3. The van der Waals surface area contributed by atoms with Gasteiger partial charge in [0.1, 0.15) is 0 Å². The van der Waals surface area contributed by atoms with E-state index in [4.69, 9.17) is 0 Å². The van der Waals surface area contributed by atoms with Gasteiger partial charge in [-0.1, -0.05) is 26.0 Å². The molecule has 168 valence electrons. The van der Waals surface area contributed by atoms with E-state index in [1.807, 2.05) is 0 Å². The first-order valence-corrected chi connectivity index (χ1v) is 10.3. The van der Waals surface area contributed by atoms with Gasteiger partial charge in [-0.3, -0.25) is 9.69 Å². The van der Waals surface area contributed by atoms with Crippen LogP contribution in [0.2, 0.25) is 0 Å². The lowest BCUT2D eigenvalue weighted by Crippen LogP contribution is -2.46. The molecular formula is C21H32F3N5O. The van der Waals surface area contributed by atoms with Gasteiger partial charge in [0.15, 0.2) is 5.96 Å². The predicted octanol–water partition coefficient (Wildman–Crippen LogP) is 2.66. The van der Waals surface area contributed by atoms with Gasteiger partial charge in [-0.25, -0.2) is 4.99 Å². The summed E-state index contributed by atoms with van der Waals surface area (Å²) < 4.78 is 38.9. The first-order chi connectivity index (χ1) is 14.2. The van der Waals surface area contributed by atoms with E-state index in [-0.39, 0.29) is 19.0 Å². The maximum Gasteiger partial charge on any atom is 0.416 e. The molecular weight excluding hydrogens is 395 g/mol. The van der Waals surface area contributed by atoms with Crippen LogP contribution in [-0.4, -0.2) is 79.4 Å². The van der Waals surface area contributed by atoms with Crippen molar-refractivity contribution in [3.8, 4) is 0 Å². The minimum Gasteiger partial charge on any atom is -0.347 e. The van der Waals surface area contributed by atoms with E-state index >= 15 is 0 Å². The van der Waals surface area contributed by atoms with Crippen LogP contribution in [0.25, 0.3) is 0 Å². The second kappa shape index (κ2) is 10.7. The van der Waals surface area contributed by atoms with Crippen molar-refractivity contribution in [1.29, 1.82) is 0 Å². The maximum absolute atomic E-state index is 13.0. The van der Waals surface area contributed by atoms with E-state index in [2.05, 4.69) is 34.0 Å². The molecule has 1 aliphatic rings. The molecule has 6 nitrogen and oxygen atoms in total. The van der Waals surface area contributed by atoms with Crippen molar-refractivity contribution in [1.82, 2.24) is 20.0 Å². The molecule has 30 heavy (non-hydrogen) atoms. The summed E-state index contributed by atoms with van der Waals surface area (Å²) in [6.45, 7) is 7.91. The third-order valence-electron chi connectivity index (χ3n) is 5.35. The summed E-state index contributed by atoms with van der Waals surface area (Å²) in [7, 11) is 3.35. The first-order valence-electron chi connectivity index (χ1n) is 10.3. The molecule has 0 bridgehead atoms. The monoisotopic (exact) mass is 427 g/mol. The minimum atomic E-state index is -4.38. The fourth-order valence-corrected chi connectivity index (χ4v) is 3.56. The molecule has 1 heterocycles. The molecule has 0 radical (unpaired) electrons. The molecule has 1 amide bonds. The summed E-state index contributed by atoms with van der Waals surface area (Å²) in [4.78, 5) is 22.5. The highest BCUT2D eigenvalue weighted by atomic mass is 19.4. The SMILES string of the molecule is CCN(CC)C1CCN(C(=NCc2cccc(C(F)(F)F)c2)NCC(=O)N(C)C)C1. The van der Waals surface area contributed by atoms with Crippen LogP contribution < -0.4 is 5.32 Å². The number of aliphatic imine (C=N–C) groups is 1. The lowest BCUT2D eigenvalue weighted by atomic mass is 10.1. The summed E-state index contributed by atoms with van der Waals surface area (Å²) in [5, 5.41) is 3.10. The third-order valence-corrected chi connectivity index (χ3v) is 5.35. The summed E-state index contributed by atoms with van der Waals surface area (Å²) in [5.74, 6) is 0.457. The van der Waals surface area contributed by atoms with E-state index in [0.29, 0.717) is 17.6 Å². The Morgan fingerprint density at radius 3 is 2.57 bits per heavy atom. The van der Waals surface area contributed by atoms with Crippen molar-refractivity contribution in [2.45, 2.75) is 39.0 Å². The fourth-order valence-electron chi connectivity index (χ4n) is 3.56. The van der Waals surface area contributed by atoms with Crippen LogP contribution in [-0.2, 0) is 17.5 Å². The van der Waals surface area contributed by atoms with Crippen molar-refractivity contribution in [3.05, 3.63) is 35.4 Å². The van der Waals surface area contributed by atoms with E-state index in [9.17, 15) is 18.0 Å². The second-order valence-corrected chi connectivity index (χ2v) is 7.59. The average molecular weight is 428 g/mol. The van der Waals surface area contributed by atoms with Gasteiger partial charge >= 0.3 is 6.18 Å². The van der Waals surface area contributed by atoms with Crippen LogP contribution in [0.4, 0.5) is 13.2 Å². The van der Waals surface area contributed by atoms with Crippen molar-refractivity contribution in [2.24, 2.45) is 4.99 Å². The summed E-state index contributed by atoms with van der Waals surface area (Å²) in [6, 6.07) is 5.59. The number of likely N-dealkylation sites (tertiary alicyclic amines) is 1. The number of rotatable bonds is 7. The number of nitrogens with zero attached hydrogens (tertiary/aromatic N) is 4. The number of carbonyl (C=O) groups is 1. The van der Waals surface area contributed by atoms with Gasteiger partial charge in [0.05, 0.1) is 18.7 Å². The van der Waals surface area contributed by atoms with E-state index in [1.54, 1.807) is 20.2 Å². The highest BCUT2D eigenvalue weighted by Gasteiger charge is 2.31. The molecule has 9 heteroatoms. The van der Waals surface area contributed by atoms with Gasteiger partial charge < -0.3 is 15.1 Å². The van der Waals surface area contributed by atoms with Crippen molar-refractivity contribution in [3.63, 3.8) is 0 Å². The molecule has 1 fully saturated rings. The zero-order valence-corrected chi connectivity index (χ0v) is 18.2. The highest BCUT2D eigenvalue weighted by molar-refractivity contribution is 5.86. The second-order valence-electron chi connectivity index (χ2n) is 7.59. The molecule has 0 spiro atoms. The van der Waals surface area contributed by atoms with Crippen LogP contribution >= 0.6 is 0 Å². The standard InChI is InChI=1S/C21H32F3N5O/c1-5-28(6-2)18-10-11-29(15-18)20(26-14-19(30)27(3)4)25-13-16-8-7-9-17(12-16)21(22,23)24/h7-9,12,18H,5-6,10-11,13-15H2,1-4H3,(H,25,26). The van der Waals surface area contributed by atoms with Crippen LogP contribution in [0, 0.1) is 0 Å². The number of hydrogen-bond donors (Lipinski definition) is 1. The Morgan fingerprint density at radius 2 is 1.97 bits per heavy atom. The lowest BCUT2D eigenvalue weighted by molar-refractivity contribution is -0.137. The first kappa shape index (κ1) is 24.0. The Labute approximate surface area is 176 Å². The number of hydrogen-bond acceptors (Lipinski definition) is 3. The molecule has 1 aliphatic heterocycles. The Kier molecular flexibility index (Phi) is 8.52. The number of guanidine groups is 1. The maximum atomic E-state index is 13.0. The molecule has 1 unspecified atom stereocenters. The smallest absolute Gasteiger partial charge is 0.347 e. The quantitative estimate of drug-likeness (QED) is 0.537. The molecule has 1 saturated heterocycles. The van der Waals surface area contributed by atoms with Crippen LogP contribution in [0.5, 0.6) is 0 Å². The van der Waals surface area contributed by atoms with Gasteiger partial charge in [0.2, 0.25) is 5.91 Å². The van der Waals surface area contributed by atoms with Crippen LogP contribution in [0.1, 0.15) is 31.4 Å². The number of carbonyl (C=O) groups excluding carboxylic acids is 1. The van der Waals surface area contributed by atoms with Gasteiger partial charge in [-0.05, 0) is 37.2 Å². The fraction of sp³-hybridized carbons (Fsp3) is 0.619. The van der Waals surface area contributed by atoms with Crippen LogP contribution in [0.3, 0.4) is 0 Å². The molecule has 0 aromatic heterocycles. The Bertz CT molecular complexity index is 732. The molecule has 1 atom stereocenters. The van der Waals surface area contributed by atoms with Crippen LogP contribution in [0.15, 0.2) is 29.3 Å². The molecule has 0 saturated carbocycles. The highest BCUT2D eigenvalue weighted by Crippen LogP contribution is 2.29. The van der Waals surface area contributed by atoms with Crippen molar-refractivity contribution in [2.75, 3.05) is 46.8 Å². The summed E-state index contributed by atoms with van der Waals surface area (Å²) in [5.41, 5.74) is -0.210. The molecule has 1 aromatic carbocycles. The van der Waals surface area contributed by atoms with E-state index in [0.717, 1.165) is 44.7 Å². The van der Waals surface area contributed by atoms with Gasteiger partial charge in [0.25, 0.3) is 0 Å². The molecule has 1 N–H and O–H groups in total.